The van der Waals surface area contributed by atoms with Crippen LogP contribution in [0.4, 0.5) is 0 Å². The molecule has 2 aromatic heterocycles. The minimum Gasteiger partial charge on any atom is -0.428 e. The molecule has 5 heteroatoms. The molecule has 2 heterocycles. The fraction of sp³-hybridized carbons (Fsp3) is 0.200. The number of imidazole rings is 1. The van der Waals surface area contributed by atoms with Crippen LogP contribution in [-0.2, 0) is 0 Å². The van der Waals surface area contributed by atoms with E-state index in [1.165, 1.54) is 0 Å². The predicted molar refractivity (Wildman–Crippen MR) is 87.3 cm³/mol. The van der Waals surface area contributed by atoms with E-state index in [1.54, 1.807) is 0 Å². The summed E-state index contributed by atoms with van der Waals surface area (Å²) in [5.41, 5.74) is 6.23. The fourth-order valence-corrected chi connectivity index (χ4v) is 2.83. The van der Waals surface area contributed by atoms with Gasteiger partial charge in [0.2, 0.25) is 0 Å². The summed E-state index contributed by atoms with van der Waals surface area (Å²) in [5, 5.41) is 0. The van der Waals surface area contributed by atoms with Crippen molar-refractivity contribution in [2.75, 3.05) is 0 Å². The van der Waals surface area contributed by atoms with E-state index in [-0.39, 0.29) is 0 Å². The van der Waals surface area contributed by atoms with Crippen LogP contribution in [-0.4, -0.2) is 14.4 Å². The van der Waals surface area contributed by atoms with E-state index in [0.29, 0.717) is 0 Å². The lowest BCUT2D eigenvalue weighted by molar-refractivity contribution is 0.716. The van der Waals surface area contributed by atoms with Gasteiger partial charge in [0.1, 0.15) is 5.75 Å². The molecule has 4 nitrogen and oxygen atoms in total. The van der Waals surface area contributed by atoms with E-state index in [0.717, 1.165) is 39.6 Å². The summed E-state index contributed by atoms with van der Waals surface area (Å²) in [4.78, 5) is 9.00. The molecule has 0 bridgehead atoms. The molecule has 0 aliphatic carbocycles. The maximum absolute atomic E-state index is 5.24. The van der Waals surface area contributed by atoms with Crippen molar-refractivity contribution in [3.63, 3.8) is 0 Å². The van der Waals surface area contributed by atoms with Gasteiger partial charge in [0.05, 0.1) is 17.1 Å². The van der Waals surface area contributed by atoms with Crippen LogP contribution in [0, 0.1) is 20.8 Å². The van der Waals surface area contributed by atoms with Crippen molar-refractivity contribution in [1.29, 1.82) is 0 Å². The van der Waals surface area contributed by atoms with Gasteiger partial charge < -0.3 is 3.07 Å². The molecular formula is C15H14IN3O. The maximum atomic E-state index is 5.24. The Bertz CT molecular complexity index is 795. The zero-order chi connectivity index (χ0) is 14.3. The summed E-state index contributed by atoms with van der Waals surface area (Å²) in [6.45, 7) is 6.10. The first-order valence-electron chi connectivity index (χ1n) is 6.31. The normalized spacial score (nSPS) is 11.0. The summed E-state index contributed by atoms with van der Waals surface area (Å²) < 4.78 is 7.34. The van der Waals surface area contributed by atoms with E-state index >= 15 is 0 Å². The van der Waals surface area contributed by atoms with Crippen LogP contribution >= 0.6 is 23.0 Å². The Kier molecular flexibility index (Phi) is 3.37. The predicted octanol–water partition coefficient (Wildman–Crippen LogP) is 4.05. The number of nitrogens with zero attached hydrogens (tertiary/aromatic N) is 3. The zero-order valence-electron chi connectivity index (χ0n) is 11.5. The Balaban J connectivity index is 2.32. The monoisotopic (exact) mass is 379 g/mol. The topological polar surface area (TPSA) is 39.4 Å². The van der Waals surface area contributed by atoms with Gasteiger partial charge in [-0.2, -0.15) is 0 Å². The van der Waals surface area contributed by atoms with Crippen LogP contribution in [0.1, 0.15) is 17.0 Å². The highest BCUT2D eigenvalue weighted by molar-refractivity contribution is 14.1. The Hall–Kier alpha value is -1.63. The van der Waals surface area contributed by atoms with E-state index < -0.39 is 0 Å². The first-order valence-corrected chi connectivity index (χ1v) is 7.20. The smallest absolute Gasteiger partial charge is 0.192 e. The largest absolute Gasteiger partial charge is 0.428 e. The molecular weight excluding hydrogens is 365 g/mol. The van der Waals surface area contributed by atoms with Crippen LogP contribution in [0.3, 0.4) is 0 Å². The number of hydrogen-bond acceptors (Lipinski definition) is 3. The maximum Gasteiger partial charge on any atom is 0.192 e. The highest BCUT2D eigenvalue weighted by Gasteiger charge is 2.13. The number of rotatable bonds is 2. The minimum atomic E-state index is 0.853. The second-order valence-corrected chi connectivity index (χ2v) is 5.25. The van der Waals surface area contributed by atoms with Crippen molar-refractivity contribution >= 4 is 28.7 Å². The molecule has 1 aromatic carbocycles. The van der Waals surface area contributed by atoms with Gasteiger partial charge in [0.15, 0.2) is 28.7 Å². The second kappa shape index (κ2) is 5.05. The van der Waals surface area contributed by atoms with Crippen molar-refractivity contribution in [3.8, 4) is 17.0 Å². The lowest BCUT2D eigenvalue weighted by atomic mass is 10.0. The highest BCUT2D eigenvalue weighted by atomic mass is 127. The number of aromatic nitrogens is 3. The van der Waals surface area contributed by atoms with Gasteiger partial charge in [-0.05, 0) is 44.5 Å². The molecule has 0 aliphatic heterocycles. The summed E-state index contributed by atoms with van der Waals surface area (Å²) in [6.07, 6.45) is 3.79. The first kappa shape index (κ1) is 13.4. The van der Waals surface area contributed by atoms with Crippen molar-refractivity contribution in [1.82, 2.24) is 14.4 Å². The van der Waals surface area contributed by atoms with Crippen molar-refractivity contribution in [2.24, 2.45) is 0 Å². The van der Waals surface area contributed by atoms with E-state index in [2.05, 4.69) is 27.4 Å². The molecule has 3 aromatic rings. The zero-order valence-corrected chi connectivity index (χ0v) is 13.7. The average molecular weight is 379 g/mol. The number of fused-ring (bicyclic) bond motifs is 1. The average Bonchev–Trinajstić information content (AvgIpc) is 2.90. The van der Waals surface area contributed by atoms with Crippen LogP contribution in [0.25, 0.3) is 16.9 Å². The van der Waals surface area contributed by atoms with Crippen molar-refractivity contribution < 1.29 is 3.07 Å². The third kappa shape index (κ3) is 2.06. The summed E-state index contributed by atoms with van der Waals surface area (Å²) in [6, 6.07) is 6.07. The van der Waals surface area contributed by atoms with E-state index in [9.17, 15) is 0 Å². The van der Waals surface area contributed by atoms with E-state index in [4.69, 9.17) is 3.07 Å². The Morgan fingerprint density at radius 1 is 1.15 bits per heavy atom. The summed E-state index contributed by atoms with van der Waals surface area (Å²) >= 11 is 1.89. The van der Waals surface area contributed by atoms with Crippen LogP contribution < -0.4 is 3.07 Å². The minimum absolute atomic E-state index is 0.853. The van der Waals surface area contributed by atoms with Crippen molar-refractivity contribution in [3.05, 3.63) is 47.5 Å². The first-order chi connectivity index (χ1) is 9.61. The summed E-state index contributed by atoms with van der Waals surface area (Å²) in [7, 11) is 0. The standard InChI is InChI=1S/C15H14IN3O/c1-9-8-12(20-16)4-5-13(9)14-10(2)18-11(3)15-17-6-7-19(14)15/h4-8H,1-3H3. The molecule has 0 atom stereocenters. The molecule has 0 fully saturated rings. The molecule has 0 amide bonds. The van der Waals surface area contributed by atoms with Crippen molar-refractivity contribution in [2.45, 2.75) is 20.8 Å². The molecule has 0 saturated carbocycles. The Labute approximate surface area is 131 Å². The SMILES string of the molecule is Cc1cc(OI)ccc1-c1c(C)nc(C)c2nccn12. The Morgan fingerprint density at radius 2 is 1.95 bits per heavy atom. The second-order valence-electron chi connectivity index (χ2n) is 4.81. The molecule has 0 N–H and O–H groups in total. The van der Waals surface area contributed by atoms with Gasteiger partial charge in [0.25, 0.3) is 0 Å². The molecule has 20 heavy (non-hydrogen) atoms. The Morgan fingerprint density at radius 3 is 2.65 bits per heavy atom. The van der Waals surface area contributed by atoms with Gasteiger partial charge in [0, 0.05) is 18.0 Å². The molecule has 3 rings (SSSR count). The van der Waals surface area contributed by atoms with Crippen LogP contribution in [0.15, 0.2) is 30.6 Å². The quantitative estimate of drug-likeness (QED) is 0.631. The number of halogens is 1. The number of benzene rings is 1. The fourth-order valence-electron chi connectivity index (χ4n) is 2.55. The molecule has 0 spiro atoms. The number of aryl methyl sites for hydroxylation is 3. The third-order valence-electron chi connectivity index (χ3n) is 3.43. The van der Waals surface area contributed by atoms with E-state index in [1.807, 2.05) is 61.4 Å². The number of hydrogen-bond donors (Lipinski definition) is 0. The lowest BCUT2D eigenvalue weighted by Crippen LogP contribution is -2.02. The molecule has 0 saturated heterocycles. The van der Waals surface area contributed by atoms with Crippen LogP contribution in [0.2, 0.25) is 0 Å². The molecule has 0 radical (unpaired) electrons. The lowest BCUT2D eigenvalue weighted by Gasteiger charge is -2.13. The van der Waals surface area contributed by atoms with Gasteiger partial charge in [-0.1, -0.05) is 0 Å². The highest BCUT2D eigenvalue weighted by Crippen LogP contribution is 2.30. The van der Waals surface area contributed by atoms with Gasteiger partial charge in [-0.25, -0.2) is 4.98 Å². The third-order valence-corrected chi connectivity index (χ3v) is 3.93. The van der Waals surface area contributed by atoms with Gasteiger partial charge in [-0.3, -0.25) is 9.38 Å². The van der Waals surface area contributed by atoms with Gasteiger partial charge in [-0.15, -0.1) is 0 Å². The molecule has 102 valence electrons. The molecule has 0 aliphatic rings. The van der Waals surface area contributed by atoms with Gasteiger partial charge >= 0.3 is 0 Å². The van der Waals surface area contributed by atoms with Crippen LogP contribution in [0.5, 0.6) is 5.75 Å². The molecule has 0 unspecified atom stereocenters. The summed E-state index contributed by atoms with van der Waals surface area (Å²) in [5.74, 6) is 0.853.